The quantitative estimate of drug-likeness (QED) is 0.517. The van der Waals surface area contributed by atoms with E-state index in [1.54, 1.807) is 12.1 Å². The van der Waals surface area contributed by atoms with Crippen LogP contribution >= 0.6 is 9.24 Å². The van der Waals surface area contributed by atoms with Crippen molar-refractivity contribution in [2.24, 2.45) is 0 Å². The van der Waals surface area contributed by atoms with Gasteiger partial charge in [0.1, 0.15) is 0 Å². The molecule has 5 heteroatoms. The Bertz CT molecular complexity index is 326. The summed E-state index contributed by atoms with van der Waals surface area (Å²) in [4.78, 5) is 9.98. The van der Waals surface area contributed by atoms with Crippen molar-refractivity contribution >= 4 is 14.9 Å². The number of non-ortho nitro benzene ring substituents is 1. The van der Waals surface area contributed by atoms with Gasteiger partial charge in [0.05, 0.1) is 4.92 Å². The van der Waals surface area contributed by atoms with Crippen molar-refractivity contribution < 1.29 is 10.0 Å². The molecule has 1 aromatic carbocycles. The van der Waals surface area contributed by atoms with Gasteiger partial charge in [0.2, 0.25) is 0 Å². The molecule has 110 valence electrons. The van der Waals surface area contributed by atoms with Crippen LogP contribution in [-0.2, 0) is 0 Å². The number of hydrogen-bond acceptors (Lipinski definition) is 3. The van der Waals surface area contributed by atoms with E-state index in [4.69, 9.17) is 5.11 Å². The number of nitrogens with zero attached hydrogens (tertiary/aromatic N) is 1. The van der Waals surface area contributed by atoms with E-state index in [2.05, 4.69) is 23.1 Å². The molecule has 1 rings (SSSR count). The van der Waals surface area contributed by atoms with Crippen LogP contribution in [0.4, 0.5) is 5.69 Å². The lowest BCUT2D eigenvalue weighted by Crippen LogP contribution is -1.92. The molecule has 1 N–H and O–H groups in total. The van der Waals surface area contributed by atoms with Gasteiger partial charge >= 0.3 is 0 Å². The summed E-state index contributed by atoms with van der Waals surface area (Å²) in [6.45, 7) is 8.38. The van der Waals surface area contributed by atoms with E-state index in [1.165, 1.54) is 0 Å². The van der Waals surface area contributed by atoms with Crippen molar-refractivity contribution in [3.63, 3.8) is 0 Å². The maximum Gasteiger partial charge on any atom is 0.269 e. The van der Waals surface area contributed by atoms with Gasteiger partial charge in [0.15, 0.2) is 0 Å². The molecule has 4 nitrogen and oxygen atoms in total. The number of aliphatic hydroxyl groups excluding tert-OH is 1. The third-order valence-corrected chi connectivity index (χ3v) is 2.51. The smallest absolute Gasteiger partial charge is 0.269 e. The number of aliphatic hydroxyl groups is 1. The summed E-state index contributed by atoms with van der Waals surface area (Å²) in [6.07, 6.45) is 1.93. The molecule has 0 spiro atoms. The fraction of sp³-hybridized carbons (Fsp3) is 0.571. The van der Waals surface area contributed by atoms with Crippen LogP contribution < -0.4 is 0 Å². The normalized spacial score (nSPS) is 10.4. The highest BCUT2D eigenvalue weighted by Crippen LogP contribution is 2.21. The predicted octanol–water partition coefficient (Wildman–Crippen LogP) is 3.99. The molecule has 2 atom stereocenters. The van der Waals surface area contributed by atoms with E-state index in [0.717, 1.165) is 18.4 Å². The van der Waals surface area contributed by atoms with Crippen LogP contribution in [0.2, 0.25) is 0 Å². The molecule has 0 aliphatic rings. The molecule has 0 amide bonds. The Kier molecular flexibility index (Phi) is 14.4. The zero-order valence-electron chi connectivity index (χ0n) is 12.3. The van der Waals surface area contributed by atoms with Gasteiger partial charge in [-0.1, -0.05) is 39.6 Å². The first-order valence-electron chi connectivity index (χ1n) is 6.49. The third-order valence-electron chi connectivity index (χ3n) is 2.51. The Morgan fingerprint density at radius 2 is 1.68 bits per heavy atom. The topological polar surface area (TPSA) is 63.4 Å². The van der Waals surface area contributed by atoms with Gasteiger partial charge in [-0.2, -0.15) is 0 Å². The summed E-state index contributed by atoms with van der Waals surface area (Å²) in [6, 6.07) is 6.77. The number of nitro groups is 1. The van der Waals surface area contributed by atoms with Crippen molar-refractivity contribution in [2.45, 2.75) is 39.5 Å². The average molecular weight is 287 g/mol. The molecule has 0 saturated carbocycles. The van der Waals surface area contributed by atoms with Gasteiger partial charge < -0.3 is 5.11 Å². The van der Waals surface area contributed by atoms with Crippen LogP contribution in [0.3, 0.4) is 0 Å². The summed E-state index contributed by atoms with van der Waals surface area (Å²) >= 11 is 0. The highest BCUT2D eigenvalue weighted by Gasteiger charge is 2.06. The Labute approximate surface area is 118 Å². The summed E-state index contributed by atoms with van der Waals surface area (Å²) in [5.74, 6) is 0.473. The second-order valence-electron chi connectivity index (χ2n) is 3.88. The van der Waals surface area contributed by atoms with Crippen LogP contribution in [0.1, 0.15) is 45.1 Å². The zero-order chi connectivity index (χ0) is 15.3. The molecule has 19 heavy (non-hydrogen) atoms. The van der Waals surface area contributed by atoms with Crippen LogP contribution in [0.15, 0.2) is 24.3 Å². The minimum Gasteiger partial charge on any atom is -0.396 e. The van der Waals surface area contributed by atoms with Crippen LogP contribution in [0, 0.1) is 10.1 Å². The molecule has 1 aromatic rings. The van der Waals surface area contributed by atoms with Crippen molar-refractivity contribution in [1.82, 2.24) is 0 Å². The number of rotatable bonds is 4. The minimum atomic E-state index is -0.375. The standard InChI is InChI=1S/C10H13NO2.C3H8O.CH5P/c1-3-8(2)9-4-6-10(7-5-9)11(12)13;1-2-3-4;1-2/h4-8H,3H2,1-2H3;4H,2-3H2,1H3;2H2,1H3. The molecule has 0 bridgehead atoms. The Balaban J connectivity index is 0. The highest BCUT2D eigenvalue weighted by atomic mass is 31.0. The van der Waals surface area contributed by atoms with Gasteiger partial charge in [0, 0.05) is 18.7 Å². The van der Waals surface area contributed by atoms with Crippen molar-refractivity contribution in [3.05, 3.63) is 39.9 Å². The van der Waals surface area contributed by atoms with Crippen molar-refractivity contribution in [1.29, 1.82) is 0 Å². The highest BCUT2D eigenvalue weighted by molar-refractivity contribution is 7.15. The van der Waals surface area contributed by atoms with Crippen LogP contribution in [-0.4, -0.2) is 23.3 Å². The number of hydrogen-bond donors (Lipinski definition) is 1. The monoisotopic (exact) mass is 287 g/mol. The van der Waals surface area contributed by atoms with E-state index in [-0.39, 0.29) is 10.6 Å². The molecule has 0 aromatic heterocycles. The van der Waals surface area contributed by atoms with E-state index in [9.17, 15) is 10.1 Å². The zero-order valence-corrected chi connectivity index (χ0v) is 13.5. The van der Waals surface area contributed by atoms with Crippen molar-refractivity contribution in [2.75, 3.05) is 13.3 Å². The third kappa shape index (κ3) is 9.57. The van der Waals surface area contributed by atoms with E-state index >= 15 is 0 Å². The van der Waals surface area contributed by atoms with Gasteiger partial charge in [-0.05, 0) is 24.3 Å². The first kappa shape index (κ1) is 20.3. The Morgan fingerprint density at radius 3 is 1.95 bits per heavy atom. The molecule has 0 saturated heterocycles. The lowest BCUT2D eigenvalue weighted by Gasteiger charge is -2.07. The predicted molar refractivity (Wildman–Crippen MR) is 84.8 cm³/mol. The first-order chi connectivity index (χ1) is 9.06. The summed E-state index contributed by atoms with van der Waals surface area (Å²) in [5.41, 5.74) is 1.32. The lowest BCUT2D eigenvalue weighted by atomic mass is 9.99. The summed E-state index contributed by atoms with van der Waals surface area (Å²) in [7, 11) is 2.42. The second kappa shape index (κ2) is 13.4. The molecule has 0 radical (unpaired) electrons. The second-order valence-corrected chi connectivity index (χ2v) is 3.88. The van der Waals surface area contributed by atoms with E-state index < -0.39 is 0 Å². The Hall–Kier alpha value is -0.990. The minimum absolute atomic E-state index is 0.159. The van der Waals surface area contributed by atoms with E-state index in [1.807, 2.05) is 25.7 Å². The van der Waals surface area contributed by atoms with Crippen LogP contribution in [0.25, 0.3) is 0 Å². The number of nitro benzene ring substituents is 1. The molecule has 2 unspecified atom stereocenters. The maximum atomic E-state index is 10.4. The van der Waals surface area contributed by atoms with Gasteiger partial charge in [-0.3, -0.25) is 10.1 Å². The average Bonchev–Trinajstić information content (AvgIpc) is 2.48. The molecule has 0 aliphatic carbocycles. The molecule has 0 heterocycles. The molecule has 0 aliphatic heterocycles. The summed E-state index contributed by atoms with van der Waals surface area (Å²) in [5, 5.41) is 18.2. The van der Waals surface area contributed by atoms with Crippen LogP contribution in [0.5, 0.6) is 0 Å². The van der Waals surface area contributed by atoms with Crippen molar-refractivity contribution in [3.8, 4) is 0 Å². The fourth-order valence-corrected chi connectivity index (χ4v) is 1.16. The first-order valence-corrected chi connectivity index (χ1v) is 7.65. The lowest BCUT2D eigenvalue weighted by molar-refractivity contribution is -0.384. The van der Waals surface area contributed by atoms with E-state index in [0.29, 0.717) is 12.5 Å². The largest absolute Gasteiger partial charge is 0.396 e. The SMILES string of the molecule is CCC(C)c1ccc([N+](=O)[O-])cc1.CCCO.CP. The Morgan fingerprint density at radius 1 is 1.26 bits per heavy atom. The molecular weight excluding hydrogens is 261 g/mol. The molecule has 0 fully saturated rings. The van der Waals surface area contributed by atoms with Gasteiger partial charge in [0.25, 0.3) is 5.69 Å². The fourth-order valence-electron chi connectivity index (χ4n) is 1.16. The van der Waals surface area contributed by atoms with Gasteiger partial charge in [-0.15, -0.1) is 9.24 Å². The van der Waals surface area contributed by atoms with Gasteiger partial charge in [-0.25, -0.2) is 0 Å². The molecular formula is C14H26NO3P. The number of benzene rings is 1. The maximum absolute atomic E-state index is 10.4. The summed E-state index contributed by atoms with van der Waals surface area (Å²) < 4.78 is 0.